The summed E-state index contributed by atoms with van der Waals surface area (Å²) in [6.45, 7) is 4.41. The molecule has 1 saturated carbocycles. The highest BCUT2D eigenvalue weighted by molar-refractivity contribution is 5.93. The van der Waals surface area contributed by atoms with Crippen molar-refractivity contribution in [2.45, 2.75) is 39.5 Å². The zero-order valence-corrected chi connectivity index (χ0v) is 12.8. The molecule has 2 rings (SSSR count). The molecular formula is C18H23NO2. The van der Waals surface area contributed by atoms with Gasteiger partial charge in [-0.25, -0.2) is 0 Å². The van der Waals surface area contributed by atoms with Gasteiger partial charge in [-0.3, -0.25) is 4.79 Å². The van der Waals surface area contributed by atoms with Gasteiger partial charge >= 0.3 is 0 Å². The number of anilines is 1. The van der Waals surface area contributed by atoms with E-state index in [0.717, 1.165) is 30.5 Å². The van der Waals surface area contributed by atoms with Gasteiger partial charge in [0.25, 0.3) is 0 Å². The van der Waals surface area contributed by atoms with E-state index in [1.807, 2.05) is 24.3 Å². The Morgan fingerprint density at radius 1 is 1.48 bits per heavy atom. The molecule has 1 aliphatic carbocycles. The van der Waals surface area contributed by atoms with Crippen LogP contribution < -0.4 is 5.32 Å². The van der Waals surface area contributed by atoms with Crippen LogP contribution in [0, 0.1) is 23.2 Å². The number of amides is 1. The summed E-state index contributed by atoms with van der Waals surface area (Å²) in [5, 5.41) is 11.7. The molecule has 0 saturated heterocycles. The fourth-order valence-electron chi connectivity index (χ4n) is 2.94. The van der Waals surface area contributed by atoms with Crippen LogP contribution in [0.1, 0.15) is 45.1 Å². The lowest BCUT2D eigenvalue weighted by Gasteiger charge is -2.25. The monoisotopic (exact) mass is 285 g/mol. The molecule has 1 aromatic carbocycles. The molecule has 1 unspecified atom stereocenters. The fraction of sp³-hybridized carbons (Fsp3) is 0.500. The highest BCUT2D eigenvalue weighted by Gasteiger charge is 2.39. The van der Waals surface area contributed by atoms with Gasteiger partial charge in [0, 0.05) is 23.6 Å². The Kier molecular flexibility index (Phi) is 5.03. The molecule has 0 bridgehead atoms. The molecule has 0 spiro atoms. The molecule has 0 heterocycles. The van der Waals surface area contributed by atoms with E-state index in [0.29, 0.717) is 6.42 Å². The van der Waals surface area contributed by atoms with Crippen molar-refractivity contribution in [2.24, 2.45) is 11.3 Å². The van der Waals surface area contributed by atoms with Gasteiger partial charge in [0.1, 0.15) is 0 Å². The predicted molar refractivity (Wildman–Crippen MR) is 84.8 cm³/mol. The molecular weight excluding hydrogens is 262 g/mol. The highest BCUT2D eigenvalue weighted by atomic mass is 16.2. The number of carbonyl (C=O) groups excluding carboxylic acids is 1. The SMILES string of the molecule is CC1(C)CCCC1C(=O)Nc1cccc(C#CCCO)c1. The minimum Gasteiger partial charge on any atom is -0.395 e. The average Bonchev–Trinajstić information content (AvgIpc) is 2.79. The molecule has 21 heavy (non-hydrogen) atoms. The Balaban J connectivity index is 2.05. The molecule has 0 aromatic heterocycles. The number of nitrogens with one attached hydrogen (secondary N) is 1. The van der Waals surface area contributed by atoms with E-state index in [9.17, 15) is 4.79 Å². The van der Waals surface area contributed by atoms with Gasteiger partial charge in [-0.15, -0.1) is 0 Å². The molecule has 1 atom stereocenters. The number of rotatable bonds is 3. The van der Waals surface area contributed by atoms with Crippen molar-refractivity contribution in [3.63, 3.8) is 0 Å². The Hall–Kier alpha value is -1.79. The maximum Gasteiger partial charge on any atom is 0.228 e. The van der Waals surface area contributed by atoms with Gasteiger partial charge in [0.2, 0.25) is 5.91 Å². The third kappa shape index (κ3) is 4.09. The van der Waals surface area contributed by atoms with Crippen LogP contribution >= 0.6 is 0 Å². The lowest BCUT2D eigenvalue weighted by molar-refractivity contribution is -0.122. The molecule has 1 aromatic rings. The normalized spacial score (nSPS) is 19.7. The summed E-state index contributed by atoms with van der Waals surface area (Å²) in [5.74, 6) is 6.07. The van der Waals surface area contributed by atoms with E-state index in [-0.39, 0.29) is 23.8 Å². The van der Waals surface area contributed by atoms with Crippen LogP contribution in [0.4, 0.5) is 5.69 Å². The van der Waals surface area contributed by atoms with Crippen molar-refractivity contribution in [1.29, 1.82) is 0 Å². The first-order valence-corrected chi connectivity index (χ1v) is 7.53. The van der Waals surface area contributed by atoms with Crippen LogP contribution in [0.2, 0.25) is 0 Å². The van der Waals surface area contributed by atoms with Crippen molar-refractivity contribution >= 4 is 11.6 Å². The molecule has 1 amide bonds. The van der Waals surface area contributed by atoms with E-state index in [1.165, 1.54) is 0 Å². The summed E-state index contributed by atoms with van der Waals surface area (Å²) in [6, 6.07) is 7.55. The molecule has 112 valence electrons. The van der Waals surface area contributed by atoms with Gasteiger partial charge in [0.15, 0.2) is 0 Å². The van der Waals surface area contributed by atoms with Crippen LogP contribution in [-0.2, 0) is 4.79 Å². The lowest BCUT2D eigenvalue weighted by Crippen LogP contribution is -2.30. The van der Waals surface area contributed by atoms with Gasteiger partial charge < -0.3 is 10.4 Å². The maximum atomic E-state index is 12.4. The first-order chi connectivity index (χ1) is 10.0. The van der Waals surface area contributed by atoms with E-state index in [1.54, 1.807) is 0 Å². The molecule has 3 nitrogen and oxygen atoms in total. The fourth-order valence-corrected chi connectivity index (χ4v) is 2.94. The van der Waals surface area contributed by atoms with Crippen LogP contribution in [0.5, 0.6) is 0 Å². The Bertz CT molecular complexity index is 566. The molecule has 1 aliphatic rings. The summed E-state index contributed by atoms with van der Waals surface area (Å²) in [7, 11) is 0. The second-order valence-corrected chi connectivity index (χ2v) is 6.28. The maximum absolute atomic E-state index is 12.4. The van der Waals surface area contributed by atoms with Gasteiger partial charge in [-0.2, -0.15) is 0 Å². The smallest absolute Gasteiger partial charge is 0.228 e. The van der Waals surface area contributed by atoms with Crippen LogP contribution in [0.15, 0.2) is 24.3 Å². The van der Waals surface area contributed by atoms with Crippen LogP contribution in [0.3, 0.4) is 0 Å². The van der Waals surface area contributed by atoms with E-state index in [2.05, 4.69) is 31.0 Å². The number of aliphatic hydroxyl groups excluding tert-OH is 1. The van der Waals surface area contributed by atoms with Crippen LogP contribution in [-0.4, -0.2) is 17.6 Å². The van der Waals surface area contributed by atoms with Crippen molar-refractivity contribution in [3.8, 4) is 11.8 Å². The largest absolute Gasteiger partial charge is 0.395 e. The minimum absolute atomic E-state index is 0.0696. The average molecular weight is 285 g/mol. The number of carbonyl (C=O) groups is 1. The highest BCUT2D eigenvalue weighted by Crippen LogP contribution is 2.43. The Morgan fingerprint density at radius 3 is 2.95 bits per heavy atom. The molecule has 0 aliphatic heterocycles. The number of hydrogen-bond acceptors (Lipinski definition) is 2. The van der Waals surface area contributed by atoms with Gasteiger partial charge in [0.05, 0.1) is 6.61 Å². The predicted octanol–water partition coefficient (Wildman–Crippen LogP) is 3.19. The minimum atomic E-state index is 0.0696. The number of benzene rings is 1. The van der Waals surface area contributed by atoms with E-state index in [4.69, 9.17) is 5.11 Å². The summed E-state index contributed by atoms with van der Waals surface area (Å²) in [4.78, 5) is 12.4. The second kappa shape index (κ2) is 6.78. The lowest BCUT2D eigenvalue weighted by atomic mass is 9.81. The molecule has 3 heteroatoms. The molecule has 1 fully saturated rings. The summed E-state index contributed by atoms with van der Waals surface area (Å²) in [6.07, 6.45) is 3.66. The summed E-state index contributed by atoms with van der Waals surface area (Å²) >= 11 is 0. The van der Waals surface area contributed by atoms with Gasteiger partial charge in [-0.1, -0.05) is 38.2 Å². The first-order valence-electron chi connectivity index (χ1n) is 7.53. The zero-order valence-electron chi connectivity index (χ0n) is 12.8. The second-order valence-electron chi connectivity index (χ2n) is 6.28. The van der Waals surface area contributed by atoms with Gasteiger partial charge in [-0.05, 0) is 36.5 Å². The quantitative estimate of drug-likeness (QED) is 0.838. The Morgan fingerprint density at radius 2 is 2.29 bits per heavy atom. The van der Waals surface area contributed by atoms with Crippen molar-refractivity contribution < 1.29 is 9.90 Å². The van der Waals surface area contributed by atoms with Crippen molar-refractivity contribution in [1.82, 2.24) is 0 Å². The topological polar surface area (TPSA) is 49.3 Å². The number of hydrogen-bond donors (Lipinski definition) is 2. The van der Waals surface area contributed by atoms with E-state index >= 15 is 0 Å². The third-order valence-corrected chi connectivity index (χ3v) is 4.17. The van der Waals surface area contributed by atoms with Crippen molar-refractivity contribution in [3.05, 3.63) is 29.8 Å². The zero-order chi connectivity index (χ0) is 15.3. The summed E-state index contributed by atoms with van der Waals surface area (Å²) in [5.41, 5.74) is 1.73. The molecule has 2 N–H and O–H groups in total. The Labute approximate surface area is 126 Å². The molecule has 0 radical (unpaired) electrons. The van der Waals surface area contributed by atoms with Crippen molar-refractivity contribution in [2.75, 3.05) is 11.9 Å². The standard InChI is InChI=1S/C18H23NO2/c1-18(2)11-6-10-16(18)17(21)19-15-9-5-8-14(13-15)7-3-4-12-20/h5,8-9,13,16,20H,4,6,10-12H2,1-2H3,(H,19,21). The third-order valence-electron chi connectivity index (χ3n) is 4.17. The van der Waals surface area contributed by atoms with Crippen LogP contribution in [0.25, 0.3) is 0 Å². The first kappa shape index (κ1) is 15.6. The number of aliphatic hydroxyl groups is 1. The summed E-state index contributed by atoms with van der Waals surface area (Å²) < 4.78 is 0. The van der Waals surface area contributed by atoms with E-state index < -0.39 is 0 Å².